The van der Waals surface area contributed by atoms with Crippen LogP contribution in [0.15, 0.2) is 18.2 Å². The lowest BCUT2D eigenvalue weighted by atomic mass is 10.1. The summed E-state index contributed by atoms with van der Waals surface area (Å²) in [5.41, 5.74) is 1.13. The van der Waals surface area contributed by atoms with Crippen LogP contribution in [0, 0.1) is 3.57 Å². The van der Waals surface area contributed by atoms with Crippen molar-refractivity contribution >= 4 is 34.2 Å². The van der Waals surface area contributed by atoms with E-state index in [0.29, 0.717) is 18.9 Å². The smallest absolute Gasteiger partial charge is 0.132 e. The van der Waals surface area contributed by atoms with Gasteiger partial charge in [-0.05, 0) is 53.1 Å². The minimum atomic E-state index is 0.183. The molecule has 0 fully saturated rings. The molecule has 0 unspecified atom stereocenters. The van der Waals surface area contributed by atoms with E-state index in [0.717, 1.165) is 21.3 Å². The first-order valence-electron chi connectivity index (χ1n) is 4.86. The molecule has 0 aliphatic rings. The van der Waals surface area contributed by atoms with Gasteiger partial charge in [0, 0.05) is 12.5 Å². The number of hydrogen-bond donors (Lipinski definition) is 1. The highest BCUT2D eigenvalue weighted by atomic mass is 127. The summed E-state index contributed by atoms with van der Waals surface area (Å²) in [5.74, 6) is 1.52. The highest BCUT2D eigenvalue weighted by molar-refractivity contribution is 14.1. The van der Waals surface area contributed by atoms with Crippen molar-refractivity contribution in [2.75, 3.05) is 19.1 Å². The van der Waals surface area contributed by atoms with Crippen molar-refractivity contribution in [3.05, 3.63) is 27.3 Å². The van der Waals surface area contributed by atoms with Gasteiger partial charge in [0.15, 0.2) is 0 Å². The van der Waals surface area contributed by atoms with Gasteiger partial charge in [-0.1, -0.05) is 6.07 Å². The van der Waals surface area contributed by atoms with Crippen LogP contribution in [0.1, 0.15) is 12.0 Å². The van der Waals surface area contributed by atoms with Gasteiger partial charge in [-0.2, -0.15) is 0 Å². The fourth-order valence-corrected chi connectivity index (χ4v) is 2.03. The molecular formula is C11H14ClIO2. The standard InChI is InChI=1S/C11H14ClIO2/c12-5-1-7-15-11-3-2-9(4-6-14)8-10(11)13/h2-3,8,14H,1,4-7H2. The van der Waals surface area contributed by atoms with E-state index in [-0.39, 0.29) is 6.61 Å². The van der Waals surface area contributed by atoms with Crippen LogP contribution in [0.4, 0.5) is 0 Å². The van der Waals surface area contributed by atoms with Gasteiger partial charge >= 0.3 is 0 Å². The van der Waals surface area contributed by atoms with Crippen LogP contribution in [-0.2, 0) is 6.42 Å². The highest BCUT2D eigenvalue weighted by Crippen LogP contribution is 2.22. The molecule has 1 rings (SSSR count). The summed E-state index contributed by atoms with van der Waals surface area (Å²) >= 11 is 7.80. The van der Waals surface area contributed by atoms with Gasteiger partial charge in [-0.3, -0.25) is 0 Å². The first-order chi connectivity index (χ1) is 7.27. The van der Waals surface area contributed by atoms with Crippen LogP contribution in [0.2, 0.25) is 0 Å². The molecule has 1 N–H and O–H groups in total. The molecule has 0 amide bonds. The van der Waals surface area contributed by atoms with Gasteiger partial charge in [0.05, 0.1) is 10.2 Å². The molecule has 0 atom stereocenters. The van der Waals surface area contributed by atoms with Gasteiger partial charge in [-0.25, -0.2) is 0 Å². The largest absolute Gasteiger partial charge is 0.492 e. The monoisotopic (exact) mass is 340 g/mol. The van der Waals surface area contributed by atoms with Crippen LogP contribution in [0.5, 0.6) is 5.75 Å². The summed E-state index contributed by atoms with van der Waals surface area (Å²) in [6, 6.07) is 5.96. The van der Waals surface area contributed by atoms with Gasteiger partial charge in [0.1, 0.15) is 5.75 Å². The van der Waals surface area contributed by atoms with Gasteiger partial charge in [-0.15, -0.1) is 11.6 Å². The highest BCUT2D eigenvalue weighted by Gasteiger charge is 2.02. The number of rotatable bonds is 6. The molecular weight excluding hydrogens is 326 g/mol. The predicted molar refractivity (Wildman–Crippen MR) is 70.8 cm³/mol. The summed E-state index contributed by atoms with van der Waals surface area (Å²) in [5, 5.41) is 8.80. The summed E-state index contributed by atoms with van der Waals surface area (Å²) in [4.78, 5) is 0. The lowest BCUT2D eigenvalue weighted by Gasteiger charge is -2.08. The molecule has 2 nitrogen and oxygen atoms in total. The molecule has 0 radical (unpaired) electrons. The number of hydrogen-bond acceptors (Lipinski definition) is 2. The summed E-state index contributed by atoms with van der Waals surface area (Å²) in [7, 11) is 0. The second-order valence-corrected chi connectivity index (χ2v) is 4.67. The molecule has 0 heterocycles. The molecule has 0 saturated heterocycles. The second-order valence-electron chi connectivity index (χ2n) is 3.13. The quantitative estimate of drug-likeness (QED) is 0.490. The van der Waals surface area contributed by atoms with Crippen LogP contribution in [0.25, 0.3) is 0 Å². The molecule has 0 bridgehead atoms. The van der Waals surface area contributed by atoms with Crippen LogP contribution >= 0.6 is 34.2 Å². The lowest BCUT2D eigenvalue weighted by molar-refractivity contribution is 0.299. The molecule has 84 valence electrons. The Labute approximate surface area is 109 Å². The molecule has 1 aromatic carbocycles. The zero-order valence-electron chi connectivity index (χ0n) is 8.38. The van der Waals surface area contributed by atoms with Crippen LogP contribution in [0.3, 0.4) is 0 Å². The molecule has 15 heavy (non-hydrogen) atoms. The molecule has 0 saturated carbocycles. The third kappa shape index (κ3) is 4.57. The Kier molecular flexibility index (Phi) is 6.36. The van der Waals surface area contributed by atoms with Crippen LogP contribution in [-0.4, -0.2) is 24.2 Å². The molecule has 0 spiro atoms. The first-order valence-corrected chi connectivity index (χ1v) is 6.47. The Morgan fingerprint density at radius 3 is 2.80 bits per heavy atom. The minimum Gasteiger partial charge on any atom is -0.492 e. The van der Waals surface area contributed by atoms with Crippen molar-refractivity contribution in [2.24, 2.45) is 0 Å². The zero-order valence-corrected chi connectivity index (χ0v) is 11.3. The van der Waals surface area contributed by atoms with E-state index in [1.165, 1.54) is 0 Å². The third-order valence-electron chi connectivity index (χ3n) is 1.93. The Morgan fingerprint density at radius 2 is 2.20 bits per heavy atom. The van der Waals surface area contributed by atoms with Crippen molar-refractivity contribution in [1.29, 1.82) is 0 Å². The summed E-state index contributed by atoms with van der Waals surface area (Å²) in [6.07, 6.45) is 1.55. The summed E-state index contributed by atoms with van der Waals surface area (Å²) < 4.78 is 6.63. The van der Waals surface area contributed by atoms with Crippen molar-refractivity contribution in [2.45, 2.75) is 12.8 Å². The van der Waals surface area contributed by atoms with Gasteiger partial charge < -0.3 is 9.84 Å². The van der Waals surface area contributed by atoms with Crippen molar-refractivity contribution in [1.82, 2.24) is 0 Å². The maximum absolute atomic E-state index is 8.80. The minimum absolute atomic E-state index is 0.183. The number of ether oxygens (including phenoxy) is 1. The number of alkyl halides is 1. The predicted octanol–water partition coefficient (Wildman–Crippen LogP) is 2.83. The van der Waals surface area contributed by atoms with E-state index in [9.17, 15) is 0 Å². The van der Waals surface area contributed by atoms with E-state index < -0.39 is 0 Å². The van der Waals surface area contributed by atoms with Crippen molar-refractivity contribution in [3.8, 4) is 5.75 Å². The number of aliphatic hydroxyl groups excluding tert-OH is 1. The Balaban J connectivity index is 2.58. The van der Waals surface area contributed by atoms with E-state index in [1.54, 1.807) is 0 Å². The van der Waals surface area contributed by atoms with E-state index in [4.69, 9.17) is 21.4 Å². The first kappa shape index (κ1) is 13.1. The second kappa shape index (κ2) is 7.30. The van der Waals surface area contributed by atoms with E-state index in [1.807, 2.05) is 18.2 Å². The van der Waals surface area contributed by atoms with Gasteiger partial charge in [0.25, 0.3) is 0 Å². The molecule has 4 heteroatoms. The Morgan fingerprint density at radius 1 is 1.40 bits per heavy atom. The number of halogens is 2. The average Bonchev–Trinajstić information content (AvgIpc) is 2.22. The van der Waals surface area contributed by atoms with Crippen LogP contribution < -0.4 is 4.74 Å². The van der Waals surface area contributed by atoms with Gasteiger partial charge in [0.2, 0.25) is 0 Å². The van der Waals surface area contributed by atoms with Crippen molar-refractivity contribution in [3.63, 3.8) is 0 Å². The molecule has 1 aromatic rings. The number of benzene rings is 1. The zero-order chi connectivity index (χ0) is 11.1. The molecule has 0 aliphatic carbocycles. The Hall–Kier alpha value is -0.000000000000000111. The van der Waals surface area contributed by atoms with E-state index in [2.05, 4.69) is 22.6 Å². The van der Waals surface area contributed by atoms with E-state index >= 15 is 0 Å². The average molecular weight is 341 g/mol. The summed E-state index contributed by atoms with van der Waals surface area (Å²) in [6.45, 7) is 0.835. The van der Waals surface area contributed by atoms with Crippen molar-refractivity contribution < 1.29 is 9.84 Å². The maximum Gasteiger partial charge on any atom is 0.132 e. The fraction of sp³-hybridized carbons (Fsp3) is 0.455. The number of aliphatic hydroxyl groups is 1. The lowest BCUT2D eigenvalue weighted by Crippen LogP contribution is -2.00. The maximum atomic E-state index is 8.80. The fourth-order valence-electron chi connectivity index (χ4n) is 1.18. The Bertz CT molecular complexity index is 305. The normalized spacial score (nSPS) is 10.3. The third-order valence-corrected chi connectivity index (χ3v) is 3.04. The molecule has 0 aromatic heterocycles. The topological polar surface area (TPSA) is 29.5 Å². The molecule has 0 aliphatic heterocycles. The SMILES string of the molecule is OCCc1ccc(OCCCCl)c(I)c1.